The molecule has 0 unspecified atom stereocenters. The molecule has 1 aliphatic rings. The first-order valence-corrected chi connectivity index (χ1v) is 7.93. The fourth-order valence-electron chi connectivity index (χ4n) is 2.88. The highest BCUT2D eigenvalue weighted by Crippen LogP contribution is 2.38. The second-order valence-corrected chi connectivity index (χ2v) is 6.08. The zero-order valence-electron chi connectivity index (χ0n) is 13.7. The van der Waals surface area contributed by atoms with E-state index in [9.17, 15) is 13.6 Å². The Morgan fingerprint density at radius 3 is 2.79 bits per heavy atom. The van der Waals surface area contributed by atoms with Crippen molar-refractivity contribution in [3.63, 3.8) is 0 Å². The van der Waals surface area contributed by atoms with Crippen LogP contribution in [0.2, 0.25) is 0 Å². The van der Waals surface area contributed by atoms with Crippen LogP contribution in [0.15, 0.2) is 30.3 Å². The summed E-state index contributed by atoms with van der Waals surface area (Å²) in [5.41, 5.74) is 3.28. The van der Waals surface area contributed by atoms with E-state index in [-0.39, 0.29) is 12.2 Å². The standard InChI is InChI=1S/C19H19F2NO2/c1-12-10-14(13(2)22(12)16-7-8-16)6-9-18(23)24-11-15-4-3-5-17(20)19(15)21/h3-6,9-10,16H,7-8,11H2,1-2H3/b9-6+. The van der Waals surface area contributed by atoms with Crippen LogP contribution in [0, 0.1) is 25.5 Å². The van der Waals surface area contributed by atoms with Crippen LogP contribution in [-0.4, -0.2) is 10.5 Å². The first-order valence-electron chi connectivity index (χ1n) is 7.93. The van der Waals surface area contributed by atoms with Crippen LogP contribution in [0.3, 0.4) is 0 Å². The van der Waals surface area contributed by atoms with Crippen LogP contribution in [0.5, 0.6) is 0 Å². The number of benzene rings is 1. The smallest absolute Gasteiger partial charge is 0.331 e. The van der Waals surface area contributed by atoms with Gasteiger partial charge in [-0.05, 0) is 50.5 Å². The normalized spacial score (nSPS) is 14.3. The van der Waals surface area contributed by atoms with Crippen molar-refractivity contribution in [1.29, 1.82) is 0 Å². The van der Waals surface area contributed by atoms with Crippen molar-refractivity contribution >= 4 is 12.0 Å². The fraction of sp³-hybridized carbons (Fsp3) is 0.316. The number of rotatable bonds is 5. The van der Waals surface area contributed by atoms with Gasteiger partial charge in [0.05, 0.1) is 0 Å². The number of aryl methyl sites for hydroxylation is 1. The molecule has 1 aliphatic carbocycles. The zero-order valence-corrected chi connectivity index (χ0v) is 13.7. The molecule has 2 aromatic rings. The maximum atomic E-state index is 13.5. The molecule has 5 heteroatoms. The van der Waals surface area contributed by atoms with E-state index >= 15 is 0 Å². The molecule has 0 N–H and O–H groups in total. The molecule has 1 aromatic heterocycles. The molecule has 0 spiro atoms. The maximum Gasteiger partial charge on any atom is 0.331 e. The molecule has 1 fully saturated rings. The minimum Gasteiger partial charge on any atom is -0.458 e. The lowest BCUT2D eigenvalue weighted by Gasteiger charge is -2.06. The highest BCUT2D eigenvalue weighted by Gasteiger charge is 2.26. The lowest BCUT2D eigenvalue weighted by Crippen LogP contribution is -2.03. The minimum atomic E-state index is -0.984. The summed E-state index contributed by atoms with van der Waals surface area (Å²) in [6.45, 7) is 3.78. The summed E-state index contributed by atoms with van der Waals surface area (Å²) in [7, 11) is 0. The summed E-state index contributed by atoms with van der Waals surface area (Å²) in [6, 6.07) is 6.40. The average Bonchev–Trinajstić information content (AvgIpc) is 3.33. The third-order valence-corrected chi connectivity index (χ3v) is 4.24. The summed E-state index contributed by atoms with van der Waals surface area (Å²) in [4.78, 5) is 11.8. The molecule has 24 heavy (non-hydrogen) atoms. The van der Waals surface area contributed by atoms with Gasteiger partial charge in [-0.1, -0.05) is 12.1 Å². The predicted octanol–water partition coefficient (Wildman–Crippen LogP) is 4.47. The Balaban J connectivity index is 1.63. The highest BCUT2D eigenvalue weighted by atomic mass is 19.2. The molecule has 0 atom stereocenters. The monoisotopic (exact) mass is 331 g/mol. The Hall–Kier alpha value is -2.43. The van der Waals surface area contributed by atoms with Gasteiger partial charge >= 0.3 is 5.97 Å². The van der Waals surface area contributed by atoms with Crippen molar-refractivity contribution in [1.82, 2.24) is 4.57 Å². The Labute approximate surface area is 139 Å². The van der Waals surface area contributed by atoms with Gasteiger partial charge < -0.3 is 9.30 Å². The molecule has 1 aromatic carbocycles. The molecule has 0 amide bonds. The van der Waals surface area contributed by atoms with E-state index in [1.54, 1.807) is 6.08 Å². The summed E-state index contributed by atoms with van der Waals surface area (Å²) in [6.07, 6.45) is 5.41. The van der Waals surface area contributed by atoms with Crippen LogP contribution in [0.25, 0.3) is 6.08 Å². The molecule has 1 saturated carbocycles. The van der Waals surface area contributed by atoms with Crippen LogP contribution < -0.4 is 0 Å². The van der Waals surface area contributed by atoms with Crippen molar-refractivity contribution in [3.8, 4) is 0 Å². The maximum absolute atomic E-state index is 13.5. The zero-order chi connectivity index (χ0) is 17.3. The van der Waals surface area contributed by atoms with Crippen LogP contribution in [-0.2, 0) is 16.1 Å². The average molecular weight is 331 g/mol. The number of ether oxygens (including phenoxy) is 1. The van der Waals surface area contributed by atoms with Gasteiger partial charge in [-0.3, -0.25) is 0 Å². The number of esters is 1. The van der Waals surface area contributed by atoms with E-state index in [0.717, 1.165) is 17.3 Å². The Morgan fingerprint density at radius 1 is 1.33 bits per heavy atom. The molecule has 3 rings (SSSR count). The van der Waals surface area contributed by atoms with Crippen LogP contribution >= 0.6 is 0 Å². The first-order chi connectivity index (χ1) is 11.5. The Bertz CT molecular complexity index is 804. The lowest BCUT2D eigenvalue weighted by molar-refractivity contribution is -0.139. The number of halogens is 2. The van der Waals surface area contributed by atoms with Crippen molar-refractivity contribution in [3.05, 3.63) is 64.5 Å². The minimum absolute atomic E-state index is 0.0173. The number of hydrogen-bond donors (Lipinski definition) is 0. The van der Waals surface area contributed by atoms with E-state index in [0.29, 0.717) is 6.04 Å². The first kappa shape index (κ1) is 16.4. The predicted molar refractivity (Wildman–Crippen MR) is 87.4 cm³/mol. The van der Waals surface area contributed by atoms with E-state index in [1.165, 1.54) is 36.7 Å². The third-order valence-electron chi connectivity index (χ3n) is 4.24. The molecular weight excluding hydrogens is 312 g/mol. The quantitative estimate of drug-likeness (QED) is 0.598. The van der Waals surface area contributed by atoms with Crippen molar-refractivity contribution in [2.45, 2.75) is 39.3 Å². The van der Waals surface area contributed by atoms with Gasteiger partial charge in [0.2, 0.25) is 0 Å². The summed E-state index contributed by atoms with van der Waals surface area (Å²) in [5, 5.41) is 0. The van der Waals surface area contributed by atoms with Crippen LogP contribution in [0.1, 0.15) is 41.4 Å². The Kier molecular flexibility index (Phi) is 4.51. The number of nitrogens with zero attached hydrogens (tertiary/aromatic N) is 1. The number of carbonyl (C=O) groups excluding carboxylic acids is 1. The van der Waals surface area contributed by atoms with Gasteiger partial charge in [0.25, 0.3) is 0 Å². The van der Waals surface area contributed by atoms with Gasteiger partial charge in [0, 0.05) is 29.1 Å². The van der Waals surface area contributed by atoms with Gasteiger partial charge in [-0.2, -0.15) is 0 Å². The second-order valence-electron chi connectivity index (χ2n) is 6.08. The molecular formula is C19H19F2NO2. The number of hydrogen-bond acceptors (Lipinski definition) is 2. The summed E-state index contributed by atoms with van der Waals surface area (Å²) in [5.74, 6) is -2.52. The van der Waals surface area contributed by atoms with Gasteiger partial charge in [0.1, 0.15) is 6.61 Å². The molecule has 3 nitrogen and oxygen atoms in total. The third kappa shape index (κ3) is 3.40. The number of carbonyl (C=O) groups is 1. The van der Waals surface area contributed by atoms with E-state index in [1.807, 2.05) is 19.9 Å². The molecule has 1 heterocycles. The largest absolute Gasteiger partial charge is 0.458 e. The van der Waals surface area contributed by atoms with E-state index in [4.69, 9.17) is 4.74 Å². The molecule has 126 valence electrons. The fourth-order valence-corrected chi connectivity index (χ4v) is 2.88. The molecule has 0 radical (unpaired) electrons. The van der Waals surface area contributed by atoms with E-state index in [2.05, 4.69) is 4.57 Å². The lowest BCUT2D eigenvalue weighted by atomic mass is 10.2. The van der Waals surface area contributed by atoms with E-state index < -0.39 is 17.6 Å². The summed E-state index contributed by atoms with van der Waals surface area (Å²) >= 11 is 0. The summed E-state index contributed by atoms with van der Waals surface area (Å²) < 4.78 is 33.9. The van der Waals surface area contributed by atoms with Gasteiger partial charge in [0.15, 0.2) is 11.6 Å². The topological polar surface area (TPSA) is 31.2 Å². The molecule has 0 bridgehead atoms. The van der Waals surface area contributed by atoms with Crippen molar-refractivity contribution < 1.29 is 18.3 Å². The van der Waals surface area contributed by atoms with Crippen LogP contribution in [0.4, 0.5) is 8.78 Å². The number of aromatic nitrogens is 1. The molecule has 0 aliphatic heterocycles. The highest BCUT2D eigenvalue weighted by molar-refractivity contribution is 5.87. The van der Waals surface area contributed by atoms with Crippen molar-refractivity contribution in [2.24, 2.45) is 0 Å². The van der Waals surface area contributed by atoms with Gasteiger partial charge in [-0.15, -0.1) is 0 Å². The van der Waals surface area contributed by atoms with Gasteiger partial charge in [-0.25, -0.2) is 13.6 Å². The Morgan fingerprint density at radius 2 is 2.08 bits per heavy atom. The SMILES string of the molecule is Cc1cc(/C=C/C(=O)OCc2cccc(F)c2F)c(C)n1C1CC1. The van der Waals surface area contributed by atoms with Crippen molar-refractivity contribution in [2.75, 3.05) is 0 Å². The second kappa shape index (κ2) is 6.59. The molecule has 0 saturated heterocycles.